The Hall–Kier alpha value is -5.25. The molecule has 3 N–H and O–H groups in total. The standard InChI is InChI=1S/C37H35N5O4/c43-20-19-41-16-13-28-21-25(1-11-34(28)41)22-36(45)26-2-9-32(10-3-26)42-35-12-6-30(23-29(35)24-38-42)39-37(46)27-4-7-31(8-5-27)40-17-14-33(44)15-18-40/h1-13,16,21,23-24,33,43-44H,14-15,17-20,22H2,(H,39,46). The van der Waals surface area contributed by atoms with Gasteiger partial charge in [0.1, 0.15) is 0 Å². The van der Waals surface area contributed by atoms with Gasteiger partial charge in [0.15, 0.2) is 5.78 Å². The molecule has 46 heavy (non-hydrogen) atoms. The maximum Gasteiger partial charge on any atom is 0.255 e. The lowest BCUT2D eigenvalue weighted by Gasteiger charge is -2.31. The van der Waals surface area contributed by atoms with Crippen molar-refractivity contribution in [2.75, 3.05) is 29.9 Å². The van der Waals surface area contributed by atoms with Gasteiger partial charge in [0.2, 0.25) is 0 Å². The number of Topliss-reactive ketones (excluding diaryl/α,β-unsaturated/α-hetero) is 1. The lowest BCUT2D eigenvalue weighted by molar-refractivity contribution is 0.0991. The number of hydrogen-bond donors (Lipinski definition) is 3. The van der Waals surface area contributed by atoms with Crippen molar-refractivity contribution < 1.29 is 19.8 Å². The predicted molar refractivity (Wildman–Crippen MR) is 180 cm³/mol. The van der Waals surface area contributed by atoms with Crippen LogP contribution in [0.3, 0.4) is 0 Å². The Bertz CT molecular complexity index is 2020. The number of fused-ring (bicyclic) bond motifs is 2. The maximum absolute atomic E-state index is 13.1. The molecular weight excluding hydrogens is 578 g/mol. The maximum atomic E-state index is 13.1. The Morgan fingerprint density at radius 2 is 1.52 bits per heavy atom. The van der Waals surface area contributed by atoms with Gasteiger partial charge in [0, 0.05) is 65.7 Å². The number of ketones is 1. The van der Waals surface area contributed by atoms with Gasteiger partial charge in [0.05, 0.1) is 30.1 Å². The number of aliphatic hydroxyl groups excluding tert-OH is 2. The van der Waals surface area contributed by atoms with Gasteiger partial charge in [0.25, 0.3) is 5.91 Å². The summed E-state index contributed by atoms with van der Waals surface area (Å²) in [4.78, 5) is 28.3. The number of anilines is 2. The molecular formula is C37H35N5O4. The molecule has 0 aliphatic carbocycles. The summed E-state index contributed by atoms with van der Waals surface area (Å²) >= 11 is 0. The molecule has 9 heteroatoms. The molecule has 3 heterocycles. The van der Waals surface area contributed by atoms with Gasteiger partial charge in [-0.3, -0.25) is 9.59 Å². The second-order valence-corrected chi connectivity index (χ2v) is 11.8. The van der Waals surface area contributed by atoms with Crippen LogP contribution in [0.2, 0.25) is 0 Å². The first-order valence-electron chi connectivity index (χ1n) is 15.6. The van der Waals surface area contributed by atoms with Crippen molar-refractivity contribution in [3.05, 3.63) is 120 Å². The summed E-state index contributed by atoms with van der Waals surface area (Å²) in [7, 11) is 0. The van der Waals surface area contributed by atoms with E-state index in [-0.39, 0.29) is 24.4 Å². The quantitative estimate of drug-likeness (QED) is 0.183. The van der Waals surface area contributed by atoms with E-state index in [0.29, 0.717) is 29.8 Å². The van der Waals surface area contributed by atoms with Gasteiger partial charge in [-0.2, -0.15) is 5.10 Å². The number of piperidine rings is 1. The molecule has 1 aliphatic heterocycles. The van der Waals surface area contributed by atoms with E-state index >= 15 is 0 Å². The average molecular weight is 614 g/mol. The molecule has 1 aliphatic rings. The highest BCUT2D eigenvalue weighted by Gasteiger charge is 2.18. The van der Waals surface area contributed by atoms with Gasteiger partial charge in [-0.05, 0) is 109 Å². The van der Waals surface area contributed by atoms with Crippen molar-refractivity contribution in [1.82, 2.24) is 14.3 Å². The molecule has 0 radical (unpaired) electrons. The van der Waals surface area contributed by atoms with Crippen molar-refractivity contribution >= 4 is 44.9 Å². The summed E-state index contributed by atoms with van der Waals surface area (Å²) in [5.41, 5.74) is 6.63. The third-order valence-corrected chi connectivity index (χ3v) is 8.76. The first-order chi connectivity index (χ1) is 22.4. The number of benzene rings is 4. The largest absolute Gasteiger partial charge is 0.395 e. The Kier molecular flexibility index (Phi) is 8.09. The number of hydrogen-bond acceptors (Lipinski definition) is 6. The van der Waals surface area contributed by atoms with Crippen LogP contribution in [0, 0.1) is 0 Å². The Balaban J connectivity index is 1.00. The molecule has 0 bridgehead atoms. The van der Waals surface area contributed by atoms with Gasteiger partial charge in [-0.25, -0.2) is 4.68 Å². The molecule has 0 spiro atoms. The summed E-state index contributed by atoms with van der Waals surface area (Å²) in [5.74, 6) is -0.153. The van der Waals surface area contributed by atoms with Crippen molar-refractivity contribution in [2.24, 2.45) is 0 Å². The summed E-state index contributed by atoms with van der Waals surface area (Å²) in [6.07, 6.45) is 5.30. The zero-order valence-corrected chi connectivity index (χ0v) is 25.3. The molecule has 232 valence electrons. The van der Waals surface area contributed by atoms with E-state index < -0.39 is 0 Å². The third-order valence-electron chi connectivity index (χ3n) is 8.76. The minimum atomic E-state index is -0.224. The lowest BCUT2D eigenvalue weighted by Crippen LogP contribution is -2.35. The second kappa shape index (κ2) is 12.6. The Morgan fingerprint density at radius 3 is 2.28 bits per heavy atom. The SMILES string of the molecule is O=C(Cc1ccc2c(ccn2CCO)c1)c1ccc(-n2ncc3cc(NC(=O)c4ccc(N5CCC(O)CC5)cc4)ccc32)cc1. The summed E-state index contributed by atoms with van der Waals surface area (Å²) in [6, 6.07) is 28.7. The topological polar surface area (TPSA) is 113 Å². The van der Waals surface area contributed by atoms with E-state index in [2.05, 4.69) is 15.3 Å². The summed E-state index contributed by atoms with van der Waals surface area (Å²) in [6.45, 7) is 2.24. The van der Waals surface area contributed by atoms with Crippen molar-refractivity contribution in [1.29, 1.82) is 0 Å². The van der Waals surface area contributed by atoms with E-state index in [1.807, 2.05) is 106 Å². The van der Waals surface area contributed by atoms with Crippen LogP contribution in [0.4, 0.5) is 11.4 Å². The van der Waals surface area contributed by atoms with Gasteiger partial charge in [-0.1, -0.05) is 6.07 Å². The molecule has 1 amide bonds. The molecule has 4 aromatic carbocycles. The minimum Gasteiger partial charge on any atom is -0.395 e. The number of aliphatic hydroxyl groups is 2. The number of rotatable bonds is 9. The smallest absolute Gasteiger partial charge is 0.255 e. The van der Waals surface area contributed by atoms with E-state index in [1.54, 1.807) is 6.20 Å². The van der Waals surface area contributed by atoms with Crippen LogP contribution in [0.5, 0.6) is 0 Å². The number of carbonyl (C=O) groups excluding carboxylic acids is 2. The summed E-state index contributed by atoms with van der Waals surface area (Å²) in [5, 5.41) is 28.5. The normalized spacial score (nSPS) is 13.8. The zero-order chi connectivity index (χ0) is 31.6. The lowest BCUT2D eigenvalue weighted by atomic mass is 10.0. The minimum absolute atomic E-state index is 0.0346. The van der Waals surface area contributed by atoms with Crippen molar-refractivity contribution in [2.45, 2.75) is 31.9 Å². The number of nitrogens with zero attached hydrogens (tertiary/aromatic N) is 4. The predicted octanol–water partition coefficient (Wildman–Crippen LogP) is 5.61. The first kappa shape index (κ1) is 29.5. The fourth-order valence-corrected chi connectivity index (χ4v) is 6.21. The van der Waals surface area contributed by atoms with Crippen LogP contribution in [0.1, 0.15) is 39.1 Å². The second-order valence-electron chi connectivity index (χ2n) is 11.8. The van der Waals surface area contributed by atoms with Crippen LogP contribution < -0.4 is 10.2 Å². The molecule has 9 nitrogen and oxygen atoms in total. The number of amides is 1. The van der Waals surface area contributed by atoms with Crippen molar-refractivity contribution in [3.8, 4) is 5.69 Å². The van der Waals surface area contributed by atoms with E-state index in [4.69, 9.17) is 0 Å². The van der Waals surface area contributed by atoms with Gasteiger partial charge in [-0.15, -0.1) is 0 Å². The fraction of sp³-hybridized carbons (Fsp3) is 0.216. The average Bonchev–Trinajstić information content (AvgIpc) is 3.69. The number of carbonyl (C=O) groups is 2. The Morgan fingerprint density at radius 1 is 0.804 bits per heavy atom. The van der Waals surface area contributed by atoms with E-state index in [0.717, 1.165) is 64.7 Å². The van der Waals surface area contributed by atoms with Crippen LogP contribution in [-0.4, -0.2) is 62.1 Å². The number of nitrogens with one attached hydrogen (secondary N) is 1. The fourth-order valence-electron chi connectivity index (χ4n) is 6.21. The third kappa shape index (κ3) is 6.02. The highest BCUT2D eigenvalue weighted by molar-refractivity contribution is 6.05. The first-order valence-corrected chi connectivity index (χ1v) is 15.6. The summed E-state index contributed by atoms with van der Waals surface area (Å²) < 4.78 is 3.82. The van der Waals surface area contributed by atoms with Gasteiger partial charge >= 0.3 is 0 Å². The van der Waals surface area contributed by atoms with E-state index in [9.17, 15) is 19.8 Å². The molecule has 0 unspecified atom stereocenters. The van der Waals surface area contributed by atoms with Crippen LogP contribution in [-0.2, 0) is 13.0 Å². The molecule has 0 saturated carbocycles. The Labute approximate surface area is 266 Å². The molecule has 7 rings (SSSR count). The molecule has 1 fully saturated rings. The van der Waals surface area contributed by atoms with Crippen molar-refractivity contribution in [3.63, 3.8) is 0 Å². The number of aromatic nitrogens is 3. The van der Waals surface area contributed by atoms with Gasteiger partial charge < -0.3 is 25.0 Å². The highest BCUT2D eigenvalue weighted by Crippen LogP contribution is 2.25. The molecule has 0 atom stereocenters. The zero-order valence-electron chi connectivity index (χ0n) is 25.3. The molecule has 1 saturated heterocycles. The molecule has 2 aromatic heterocycles. The van der Waals surface area contributed by atoms with Crippen LogP contribution in [0.25, 0.3) is 27.5 Å². The molecule has 6 aromatic rings. The van der Waals surface area contributed by atoms with E-state index in [1.165, 1.54) is 0 Å². The van der Waals surface area contributed by atoms with Crippen LogP contribution >= 0.6 is 0 Å². The van der Waals surface area contributed by atoms with Crippen LogP contribution in [0.15, 0.2) is 103 Å². The monoisotopic (exact) mass is 613 g/mol. The highest BCUT2D eigenvalue weighted by atomic mass is 16.3.